The molecule has 0 aromatic rings. The summed E-state index contributed by atoms with van der Waals surface area (Å²) in [5.74, 6) is 0.495. The summed E-state index contributed by atoms with van der Waals surface area (Å²) in [6.45, 7) is 7.25. The SMILES string of the molecule is C=C(C)C(=O)COC1(C2CCOC2)CCCCC1. The van der Waals surface area contributed by atoms with E-state index in [4.69, 9.17) is 9.47 Å². The Bertz CT molecular complexity index is 310. The molecule has 1 atom stereocenters. The Morgan fingerprint density at radius 2 is 2.11 bits per heavy atom. The molecule has 1 saturated heterocycles. The van der Waals surface area contributed by atoms with Crippen molar-refractivity contribution in [2.45, 2.75) is 51.0 Å². The minimum atomic E-state index is -0.111. The first-order valence-electron chi connectivity index (χ1n) is 7.04. The van der Waals surface area contributed by atoms with Gasteiger partial charge in [0.1, 0.15) is 6.61 Å². The molecule has 1 heterocycles. The number of carbonyl (C=O) groups excluding carboxylic acids is 1. The normalized spacial score (nSPS) is 27.1. The van der Waals surface area contributed by atoms with Crippen LogP contribution in [-0.2, 0) is 14.3 Å². The van der Waals surface area contributed by atoms with Gasteiger partial charge in [0, 0.05) is 12.5 Å². The molecule has 1 aliphatic carbocycles. The fourth-order valence-electron chi connectivity index (χ4n) is 3.10. The van der Waals surface area contributed by atoms with Gasteiger partial charge in [-0.15, -0.1) is 0 Å². The molecular weight excluding hydrogens is 228 g/mol. The van der Waals surface area contributed by atoms with Crippen molar-refractivity contribution in [1.82, 2.24) is 0 Å². The molecule has 2 rings (SSSR count). The van der Waals surface area contributed by atoms with Crippen LogP contribution in [0.5, 0.6) is 0 Å². The maximum Gasteiger partial charge on any atom is 0.183 e. The molecule has 18 heavy (non-hydrogen) atoms. The molecule has 1 saturated carbocycles. The number of ether oxygens (including phenoxy) is 2. The van der Waals surface area contributed by atoms with E-state index < -0.39 is 0 Å². The third kappa shape index (κ3) is 3.01. The van der Waals surface area contributed by atoms with Crippen LogP contribution in [-0.4, -0.2) is 31.2 Å². The third-order valence-corrected chi connectivity index (χ3v) is 4.34. The van der Waals surface area contributed by atoms with Crippen molar-refractivity contribution in [2.24, 2.45) is 5.92 Å². The molecule has 1 aliphatic heterocycles. The van der Waals surface area contributed by atoms with Crippen molar-refractivity contribution in [3.05, 3.63) is 12.2 Å². The van der Waals surface area contributed by atoms with Gasteiger partial charge in [0.25, 0.3) is 0 Å². The van der Waals surface area contributed by atoms with E-state index in [0.29, 0.717) is 11.5 Å². The van der Waals surface area contributed by atoms with Gasteiger partial charge < -0.3 is 9.47 Å². The Kier molecular flexibility index (Phi) is 4.57. The molecule has 0 N–H and O–H groups in total. The van der Waals surface area contributed by atoms with E-state index in [9.17, 15) is 4.79 Å². The summed E-state index contributed by atoms with van der Waals surface area (Å²) in [7, 11) is 0. The molecule has 3 heteroatoms. The van der Waals surface area contributed by atoms with Crippen LogP contribution in [0.4, 0.5) is 0 Å². The first-order chi connectivity index (χ1) is 8.64. The molecule has 0 spiro atoms. The number of rotatable bonds is 5. The topological polar surface area (TPSA) is 35.5 Å². The van der Waals surface area contributed by atoms with E-state index in [-0.39, 0.29) is 18.0 Å². The van der Waals surface area contributed by atoms with Gasteiger partial charge in [-0.2, -0.15) is 0 Å². The second-order valence-corrected chi connectivity index (χ2v) is 5.68. The van der Waals surface area contributed by atoms with Crippen molar-refractivity contribution < 1.29 is 14.3 Å². The molecule has 2 fully saturated rings. The van der Waals surface area contributed by atoms with Gasteiger partial charge in [0.15, 0.2) is 5.78 Å². The van der Waals surface area contributed by atoms with Gasteiger partial charge in [0.05, 0.1) is 12.2 Å². The van der Waals surface area contributed by atoms with Crippen LogP contribution >= 0.6 is 0 Å². The molecule has 3 nitrogen and oxygen atoms in total. The smallest absolute Gasteiger partial charge is 0.183 e. The van der Waals surface area contributed by atoms with Crippen molar-refractivity contribution in [1.29, 1.82) is 0 Å². The van der Waals surface area contributed by atoms with E-state index >= 15 is 0 Å². The third-order valence-electron chi connectivity index (χ3n) is 4.34. The van der Waals surface area contributed by atoms with Crippen molar-refractivity contribution in [2.75, 3.05) is 19.8 Å². The zero-order valence-corrected chi connectivity index (χ0v) is 11.4. The molecule has 0 aromatic heterocycles. The van der Waals surface area contributed by atoms with Crippen LogP contribution in [0.3, 0.4) is 0 Å². The van der Waals surface area contributed by atoms with Crippen LogP contribution in [0, 0.1) is 5.92 Å². The highest BCUT2D eigenvalue weighted by atomic mass is 16.5. The molecule has 0 aromatic carbocycles. The second-order valence-electron chi connectivity index (χ2n) is 5.68. The van der Waals surface area contributed by atoms with Gasteiger partial charge in [0.2, 0.25) is 0 Å². The van der Waals surface area contributed by atoms with Crippen LogP contribution in [0.1, 0.15) is 45.4 Å². The lowest BCUT2D eigenvalue weighted by Gasteiger charge is -2.41. The van der Waals surface area contributed by atoms with Gasteiger partial charge >= 0.3 is 0 Å². The van der Waals surface area contributed by atoms with E-state index in [1.807, 2.05) is 0 Å². The van der Waals surface area contributed by atoms with Gasteiger partial charge in [-0.05, 0) is 31.8 Å². The molecule has 0 radical (unpaired) electrons. The Hall–Kier alpha value is -0.670. The summed E-state index contributed by atoms with van der Waals surface area (Å²) >= 11 is 0. The molecule has 0 bridgehead atoms. The predicted molar refractivity (Wildman–Crippen MR) is 70.5 cm³/mol. The Morgan fingerprint density at radius 1 is 1.39 bits per heavy atom. The van der Waals surface area contributed by atoms with Gasteiger partial charge in [-0.1, -0.05) is 25.8 Å². The van der Waals surface area contributed by atoms with Crippen LogP contribution in [0.25, 0.3) is 0 Å². The number of hydrogen-bond acceptors (Lipinski definition) is 3. The van der Waals surface area contributed by atoms with Crippen LogP contribution < -0.4 is 0 Å². The van der Waals surface area contributed by atoms with Crippen molar-refractivity contribution >= 4 is 5.78 Å². The van der Waals surface area contributed by atoms with Crippen molar-refractivity contribution in [3.63, 3.8) is 0 Å². The Morgan fingerprint density at radius 3 is 2.67 bits per heavy atom. The standard InChI is InChI=1S/C15H24O3/c1-12(2)14(16)11-18-15(7-4-3-5-8-15)13-6-9-17-10-13/h13H,1,3-11H2,2H3. The zero-order valence-electron chi connectivity index (χ0n) is 11.4. The maximum absolute atomic E-state index is 11.7. The second kappa shape index (κ2) is 5.98. The fraction of sp³-hybridized carbons (Fsp3) is 0.800. The first kappa shape index (κ1) is 13.8. The summed E-state index contributed by atoms with van der Waals surface area (Å²) in [5, 5.41) is 0. The summed E-state index contributed by atoms with van der Waals surface area (Å²) < 4.78 is 11.6. The summed E-state index contributed by atoms with van der Waals surface area (Å²) in [6.07, 6.45) is 6.92. The lowest BCUT2D eigenvalue weighted by atomic mass is 9.75. The molecule has 0 amide bonds. The summed E-state index contributed by atoms with van der Waals surface area (Å²) in [4.78, 5) is 11.7. The zero-order chi connectivity index (χ0) is 13.0. The van der Waals surface area contributed by atoms with Crippen LogP contribution in [0.15, 0.2) is 12.2 Å². The van der Waals surface area contributed by atoms with E-state index in [1.165, 1.54) is 19.3 Å². The molecule has 102 valence electrons. The average molecular weight is 252 g/mol. The fourth-order valence-corrected chi connectivity index (χ4v) is 3.10. The number of Topliss-reactive ketones (excluding diaryl/α,β-unsaturated/α-hetero) is 1. The quantitative estimate of drug-likeness (QED) is 0.706. The number of carbonyl (C=O) groups is 1. The van der Waals surface area contributed by atoms with E-state index in [1.54, 1.807) is 6.92 Å². The monoisotopic (exact) mass is 252 g/mol. The van der Waals surface area contributed by atoms with Crippen molar-refractivity contribution in [3.8, 4) is 0 Å². The van der Waals surface area contributed by atoms with Gasteiger partial charge in [-0.3, -0.25) is 4.79 Å². The lowest BCUT2D eigenvalue weighted by Crippen LogP contribution is -2.44. The lowest BCUT2D eigenvalue weighted by molar-refractivity contribution is -0.139. The van der Waals surface area contributed by atoms with E-state index in [2.05, 4.69) is 6.58 Å². The Balaban J connectivity index is 2.00. The highest BCUT2D eigenvalue weighted by molar-refractivity contribution is 5.95. The average Bonchev–Trinajstić information content (AvgIpc) is 2.91. The largest absolute Gasteiger partial charge is 0.381 e. The highest BCUT2D eigenvalue weighted by Gasteiger charge is 2.42. The van der Waals surface area contributed by atoms with Gasteiger partial charge in [-0.25, -0.2) is 0 Å². The summed E-state index contributed by atoms with van der Waals surface area (Å²) in [6, 6.07) is 0. The molecule has 1 unspecified atom stereocenters. The predicted octanol–water partition coefficient (Wildman–Crippen LogP) is 2.89. The summed E-state index contributed by atoms with van der Waals surface area (Å²) in [5.41, 5.74) is 0.475. The molecular formula is C15H24O3. The minimum Gasteiger partial charge on any atom is -0.381 e. The highest BCUT2D eigenvalue weighted by Crippen LogP contribution is 2.41. The Labute approximate surface area is 110 Å². The first-order valence-corrected chi connectivity index (χ1v) is 7.04. The number of hydrogen-bond donors (Lipinski definition) is 0. The van der Waals surface area contributed by atoms with E-state index in [0.717, 1.165) is 32.5 Å². The minimum absolute atomic E-state index is 0.0267. The van der Waals surface area contributed by atoms with Crippen LogP contribution in [0.2, 0.25) is 0 Å². The number of ketones is 1. The maximum atomic E-state index is 11.7. The molecule has 2 aliphatic rings.